The molecule has 2 aromatic rings. The summed E-state index contributed by atoms with van der Waals surface area (Å²) in [7, 11) is 0. The Hall–Kier alpha value is -3.33. The molecule has 1 saturated carbocycles. The number of hydrogen-bond acceptors (Lipinski definition) is 4. The zero-order chi connectivity index (χ0) is 26.2. The second-order valence-corrected chi connectivity index (χ2v) is 8.63. The van der Waals surface area contributed by atoms with Crippen molar-refractivity contribution in [1.29, 1.82) is 5.41 Å². The summed E-state index contributed by atoms with van der Waals surface area (Å²) in [5.74, 6) is -3.44. The van der Waals surface area contributed by atoms with E-state index in [0.717, 1.165) is 39.0 Å². The molecule has 0 saturated heterocycles. The molecule has 6 N–H and O–H groups in total. The summed E-state index contributed by atoms with van der Waals surface area (Å²) < 4.78 is 36.4. The summed E-state index contributed by atoms with van der Waals surface area (Å²) in [6.45, 7) is 2.76. The van der Waals surface area contributed by atoms with E-state index in [2.05, 4.69) is 0 Å². The highest BCUT2D eigenvalue weighted by Gasteiger charge is 2.44. The number of carboxylic acid groups (broad SMARTS) is 1. The molecule has 3 rings (SSSR count). The number of carboxylic acids is 1. The van der Waals surface area contributed by atoms with Crippen LogP contribution < -0.4 is 11.5 Å². The molecule has 1 amide bonds. The van der Waals surface area contributed by atoms with Crippen molar-refractivity contribution in [1.82, 2.24) is 0 Å². The average molecular weight is 490 g/mol. The van der Waals surface area contributed by atoms with Crippen LogP contribution in [0.1, 0.15) is 74.1 Å². The van der Waals surface area contributed by atoms with Crippen molar-refractivity contribution >= 4 is 17.7 Å². The molecule has 7 nitrogen and oxygen atoms in total. The molecule has 9 heteroatoms. The predicted octanol–water partition coefficient (Wildman–Crippen LogP) is 4.35. The van der Waals surface area contributed by atoms with Gasteiger partial charge >= 0.3 is 0 Å². The molecule has 35 heavy (non-hydrogen) atoms. The minimum Gasteiger partial charge on any atom is -0.481 e. The molecule has 1 aliphatic carbocycles. The van der Waals surface area contributed by atoms with Crippen LogP contribution in [0.15, 0.2) is 36.4 Å². The number of aliphatic carboxylic acids is 1. The van der Waals surface area contributed by atoms with Crippen LogP contribution in [-0.2, 0) is 26.3 Å². The number of nitrogens with two attached hydrogens (primary N) is 2. The lowest BCUT2D eigenvalue weighted by molar-refractivity contribution is -0.145. The summed E-state index contributed by atoms with van der Waals surface area (Å²) in [6, 6.07) is 9.13. The number of benzene rings is 2. The van der Waals surface area contributed by atoms with E-state index < -0.39 is 34.7 Å². The van der Waals surface area contributed by atoms with E-state index in [1.54, 1.807) is 31.2 Å². The first-order chi connectivity index (χ1) is 16.5. The van der Waals surface area contributed by atoms with Gasteiger partial charge in [0.2, 0.25) is 0 Å². The van der Waals surface area contributed by atoms with Crippen LogP contribution in [0.3, 0.4) is 0 Å². The first-order valence-corrected chi connectivity index (χ1v) is 11.6. The lowest BCUT2D eigenvalue weighted by atomic mass is 9.81. The third-order valence-corrected chi connectivity index (χ3v) is 6.05. The molecule has 1 fully saturated rings. The van der Waals surface area contributed by atoms with Crippen LogP contribution >= 0.6 is 0 Å². The maximum atomic E-state index is 15.3. The summed E-state index contributed by atoms with van der Waals surface area (Å²) in [5, 5.41) is 14.9. The number of hydrogen-bond donors (Lipinski definition) is 4. The standard InChI is InChI=1S/C24H29F2N3O2.C2H4O2/c1-2-31-24(23(29)30,14-15-8-10-17(11-9-15)22(27)28)21-19(25)12-18(13-20(21)26)16-6-4-3-5-7-16;1-2(3)4/h8-13,16H,2-7,14H2,1H3,(H3,27,28)(H2,29,30);1H3,(H,3,4). The monoisotopic (exact) mass is 489 g/mol. The number of amides is 1. The zero-order valence-corrected chi connectivity index (χ0v) is 20.1. The Morgan fingerprint density at radius 2 is 1.60 bits per heavy atom. The van der Waals surface area contributed by atoms with E-state index in [1.807, 2.05) is 0 Å². The average Bonchev–Trinajstić information content (AvgIpc) is 2.79. The molecule has 2 aromatic carbocycles. The van der Waals surface area contributed by atoms with Gasteiger partial charge in [-0.05, 0) is 48.9 Å². The molecule has 0 aromatic heterocycles. The number of amidine groups is 1. The molecule has 1 aliphatic rings. The molecule has 0 bridgehead atoms. The quantitative estimate of drug-likeness (QED) is 0.322. The predicted molar refractivity (Wildman–Crippen MR) is 129 cm³/mol. The number of ether oxygens (including phenoxy) is 1. The fourth-order valence-corrected chi connectivity index (χ4v) is 4.48. The number of nitrogen functional groups attached to an aromatic ring is 1. The number of nitrogens with one attached hydrogen (secondary N) is 1. The van der Waals surface area contributed by atoms with Crippen molar-refractivity contribution < 1.29 is 28.2 Å². The van der Waals surface area contributed by atoms with Crippen LogP contribution in [0.5, 0.6) is 0 Å². The summed E-state index contributed by atoms with van der Waals surface area (Å²) in [5.41, 5.74) is 10.4. The van der Waals surface area contributed by atoms with Gasteiger partial charge in [0.15, 0.2) is 5.60 Å². The molecule has 0 aliphatic heterocycles. The lowest BCUT2D eigenvalue weighted by Crippen LogP contribution is -2.47. The Morgan fingerprint density at radius 1 is 1.09 bits per heavy atom. The minimum absolute atomic E-state index is 0.0394. The highest BCUT2D eigenvalue weighted by atomic mass is 19.1. The first kappa shape index (κ1) is 27.9. The van der Waals surface area contributed by atoms with E-state index in [4.69, 9.17) is 31.5 Å². The van der Waals surface area contributed by atoms with E-state index in [-0.39, 0.29) is 24.8 Å². The van der Waals surface area contributed by atoms with E-state index >= 15 is 8.78 Å². The lowest BCUT2D eigenvalue weighted by Gasteiger charge is -2.32. The molecule has 1 atom stereocenters. The van der Waals surface area contributed by atoms with Crippen molar-refractivity contribution in [2.75, 3.05) is 6.61 Å². The zero-order valence-electron chi connectivity index (χ0n) is 20.1. The van der Waals surface area contributed by atoms with E-state index in [9.17, 15) is 4.79 Å². The topological polar surface area (TPSA) is 139 Å². The molecule has 0 spiro atoms. The third-order valence-electron chi connectivity index (χ3n) is 6.05. The SMILES string of the molecule is CC(=O)O.CCOC(Cc1ccc(C(=N)N)cc1)(C(N)=O)c1c(F)cc(C2CCCCC2)cc1F. The Morgan fingerprint density at radius 3 is 2.03 bits per heavy atom. The fourth-order valence-electron chi connectivity index (χ4n) is 4.48. The van der Waals surface area contributed by atoms with Crippen molar-refractivity contribution in [2.45, 2.75) is 63.9 Å². The molecular formula is C26H33F2N3O4. The highest BCUT2D eigenvalue weighted by molar-refractivity contribution is 5.95. The van der Waals surface area contributed by atoms with Gasteiger partial charge in [-0.2, -0.15) is 0 Å². The van der Waals surface area contributed by atoms with Crippen molar-refractivity contribution in [2.24, 2.45) is 11.5 Å². The van der Waals surface area contributed by atoms with Gasteiger partial charge in [0, 0.05) is 25.5 Å². The van der Waals surface area contributed by atoms with Crippen molar-refractivity contribution in [3.8, 4) is 0 Å². The molecule has 0 radical (unpaired) electrons. The number of carbonyl (C=O) groups excluding carboxylic acids is 1. The largest absolute Gasteiger partial charge is 0.481 e. The smallest absolute Gasteiger partial charge is 0.300 e. The Labute approximate surface area is 204 Å². The highest BCUT2D eigenvalue weighted by Crippen LogP contribution is 2.38. The van der Waals surface area contributed by atoms with Gasteiger partial charge in [0.25, 0.3) is 11.9 Å². The summed E-state index contributed by atoms with van der Waals surface area (Å²) >= 11 is 0. The van der Waals surface area contributed by atoms with Gasteiger partial charge in [-0.3, -0.25) is 15.0 Å². The van der Waals surface area contributed by atoms with Gasteiger partial charge < -0.3 is 21.3 Å². The minimum atomic E-state index is -1.99. The second kappa shape index (κ2) is 12.4. The van der Waals surface area contributed by atoms with Crippen LogP contribution in [0, 0.1) is 17.0 Å². The Bertz CT molecular complexity index is 1030. The third kappa shape index (κ3) is 7.08. The van der Waals surface area contributed by atoms with Crippen LogP contribution in [-0.4, -0.2) is 29.4 Å². The molecule has 0 heterocycles. The van der Waals surface area contributed by atoms with Gasteiger partial charge in [-0.15, -0.1) is 0 Å². The number of halogens is 2. The summed E-state index contributed by atoms with van der Waals surface area (Å²) in [6.07, 6.45) is 4.86. The number of carbonyl (C=O) groups is 2. The van der Waals surface area contributed by atoms with Crippen LogP contribution in [0.2, 0.25) is 0 Å². The maximum absolute atomic E-state index is 15.3. The molecule has 190 valence electrons. The Kier molecular flexibility index (Phi) is 9.89. The second-order valence-electron chi connectivity index (χ2n) is 8.63. The van der Waals surface area contributed by atoms with E-state index in [1.165, 1.54) is 12.1 Å². The van der Waals surface area contributed by atoms with Gasteiger partial charge in [-0.25, -0.2) is 8.78 Å². The van der Waals surface area contributed by atoms with Crippen molar-refractivity contribution in [3.05, 3.63) is 70.3 Å². The van der Waals surface area contributed by atoms with Crippen molar-refractivity contribution in [3.63, 3.8) is 0 Å². The molecule has 1 unspecified atom stereocenters. The summed E-state index contributed by atoms with van der Waals surface area (Å²) in [4.78, 5) is 21.6. The maximum Gasteiger partial charge on any atom is 0.300 e. The van der Waals surface area contributed by atoms with E-state index in [0.29, 0.717) is 16.7 Å². The number of rotatable bonds is 8. The van der Waals surface area contributed by atoms with Gasteiger partial charge in [0.05, 0.1) is 5.56 Å². The fraction of sp³-hybridized carbons (Fsp3) is 0.423. The number of primary amides is 1. The van der Waals surface area contributed by atoms with Gasteiger partial charge in [-0.1, -0.05) is 43.5 Å². The Balaban J connectivity index is 0.00000100. The molecular weight excluding hydrogens is 456 g/mol. The van der Waals surface area contributed by atoms with Crippen LogP contribution in [0.25, 0.3) is 0 Å². The first-order valence-electron chi connectivity index (χ1n) is 11.6. The van der Waals surface area contributed by atoms with Crippen LogP contribution in [0.4, 0.5) is 8.78 Å². The normalized spacial score (nSPS) is 15.4. The van der Waals surface area contributed by atoms with Gasteiger partial charge in [0.1, 0.15) is 17.5 Å².